The summed E-state index contributed by atoms with van der Waals surface area (Å²) in [5.74, 6) is 1.08. The number of carbonyl (C=O) groups is 1. The molecule has 2 aromatic carbocycles. The first-order chi connectivity index (χ1) is 15.0. The third kappa shape index (κ3) is 4.94. The molecule has 1 aliphatic rings. The van der Waals surface area contributed by atoms with Crippen LogP contribution in [-0.2, 0) is 4.79 Å². The Morgan fingerprint density at radius 2 is 2.13 bits per heavy atom. The molecule has 0 bridgehead atoms. The fourth-order valence-corrected chi connectivity index (χ4v) is 3.88. The third-order valence-corrected chi connectivity index (χ3v) is 5.49. The largest absolute Gasteiger partial charge is 0.495 e. The van der Waals surface area contributed by atoms with Crippen LogP contribution in [0.5, 0.6) is 5.75 Å². The Labute approximate surface area is 185 Å². The predicted octanol–water partition coefficient (Wildman–Crippen LogP) is 4.80. The molecular formula is C23H22ClFN4O2. The molecule has 0 unspecified atom stereocenters. The number of carbonyl (C=O) groups excluding carboxylic acids is 1. The van der Waals surface area contributed by atoms with E-state index in [1.54, 1.807) is 43.6 Å². The van der Waals surface area contributed by atoms with E-state index >= 15 is 0 Å². The first kappa shape index (κ1) is 21.1. The van der Waals surface area contributed by atoms with Gasteiger partial charge in [-0.05, 0) is 49.2 Å². The number of anilines is 2. The normalized spacial score (nSPS) is 16.1. The predicted molar refractivity (Wildman–Crippen MR) is 119 cm³/mol. The number of methoxy groups -OCH3 is 1. The van der Waals surface area contributed by atoms with Crippen molar-refractivity contribution in [2.75, 3.05) is 30.4 Å². The number of nitrogens with one attached hydrogen (secondary N) is 1. The van der Waals surface area contributed by atoms with E-state index in [-0.39, 0.29) is 17.6 Å². The monoisotopic (exact) mass is 440 g/mol. The molecule has 160 valence electrons. The van der Waals surface area contributed by atoms with Crippen molar-refractivity contribution in [1.82, 2.24) is 9.97 Å². The molecule has 1 amide bonds. The summed E-state index contributed by atoms with van der Waals surface area (Å²) in [4.78, 5) is 23.9. The Kier molecular flexibility index (Phi) is 6.32. The highest BCUT2D eigenvalue weighted by molar-refractivity contribution is 6.31. The number of hydrogen-bond donors (Lipinski definition) is 1. The van der Waals surface area contributed by atoms with E-state index in [1.807, 2.05) is 6.07 Å². The molecule has 1 fully saturated rings. The average Bonchev–Trinajstić information content (AvgIpc) is 2.79. The van der Waals surface area contributed by atoms with Crippen LogP contribution in [0.3, 0.4) is 0 Å². The molecule has 1 atom stereocenters. The Hall–Kier alpha value is -3.19. The van der Waals surface area contributed by atoms with E-state index in [1.165, 1.54) is 12.1 Å². The molecule has 0 spiro atoms. The van der Waals surface area contributed by atoms with Gasteiger partial charge in [-0.1, -0.05) is 23.7 Å². The molecule has 0 radical (unpaired) electrons. The molecule has 3 aromatic rings. The number of ether oxygens (including phenoxy) is 1. The second-order valence-corrected chi connectivity index (χ2v) is 7.80. The van der Waals surface area contributed by atoms with Crippen molar-refractivity contribution in [3.05, 3.63) is 65.6 Å². The number of amides is 1. The molecule has 4 rings (SSSR count). The highest BCUT2D eigenvalue weighted by Crippen LogP contribution is 2.30. The first-order valence-electron chi connectivity index (χ1n) is 10.0. The van der Waals surface area contributed by atoms with E-state index in [0.717, 1.165) is 19.4 Å². The van der Waals surface area contributed by atoms with Crippen LogP contribution in [0.25, 0.3) is 11.4 Å². The van der Waals surface area contributed by atoms with Gasteiger partial charge in [-0.2, -0.15) is 0 Å². The minimum absolute atomic E-state index is 0.0929. The van der Waals surface area contributed by atoms with Gasteiger partial charge in [0.2, 0.25) is 5.91 Å². The average molecular weight is 441 g/mol. The molecule has 31 heavy (non-hydrogen) atoms. The van der Waals surface area contributed by atoms with Gasteiger partial charge in [-0.25, -0.2) is 14.4 Å². The van der Waals surface area contributed by atoms with Crippen molar-refractivity contribution < 1.29 is 13.9 Å². The minimum atomic E-state index is -0.336. The lowest BCUT2D eigenvalue weighted by atomic mass is 9.97. The van der Waals surface area contributed by atoms with Crippen molar-refractivity contribution in [2.45, 2.75) is 12.8 Å². The van der Waals surface area contributed by atoms with Crippen LogP contribution in [0.15, 0.2) is 54.7 Å². The Morgan fingerprint density at radius 1 is 1.26 bits per heavy atom. The maximum atomic E-state index is 13.6. The fraction of sp³-hybridized carbons (Fsp3) is 0.261. The second kappa shape index (κ2) is 9.31. The number of hydrogen-bond acceptors (Lipinski definition) is 5. The van der Waals surface area contributed by atoms with Crippen molar-refractivity contribution >= 4 is 29.0 Å². The Morgan fingerprint density at radius 3 is 2.94 bits per heavy atom. The van der Waals surface area contributed by atoms with Gasteiger partial charge >= 0.3 is 0 Å². The summed E-state index contributed by atoms with van der Waals surface area (Å²) in [6, 6.07) is 13.1. The number of nitrogens with zero attached hydrogens (tertiary/aromatic N) is 3. The van der Waals surface area contributed by atoms with Crippen LogP contribution in [-0.4, -0.2) is 36.1 Å². The molecule has 0 saturated carbocycles. The first-order valence-corrected chi connectivity index (χ1v) is 10.4. The highest BCUT2D eigenvalue weighted by Gasteiger charge is 2.27. The van der Waals surface area contributed by atoms with Gasteiger partial charge in [0.15, 0.2) is 5.82 Å². The topological polar surface area (TPSA) is 67.3 Å². The van der Waals surface area contributed by atoms with E-state index in [2.05, 4.69) is 20.2 Å². The Balaban J connectivity index is 1.49. The van der Waals surface area contributed by atoms with Crippen LogP contribution in [0.2, 0.25) is 5.02 Å². The van der Waals surface area contributed by atoms with Crippen molar-refractivity contribution in [3.63, 3.8) is 0 Å². The van der Waals surface area contributed by atoms with Gasteiger partial charge in [0, 0.05) is 29.9 Å². The molecule has 1 saturated heterocycles. The minimum Gasteiger partial charge on any atom is -0.495 e. The van der Waals surface area contributed by atoms with Crippen molar-refractivity contribution in [1.29, 1.82) is 0 Å². The van der Waals surface area contributed by atoms with Gasteiger partial charge in [-0.3, -0.25) is 4.79 Å². The standard InChI is InChI=1S/C23H22ClFN4O2/c1-31-20-8-7-17(24)13-19(20)27-23(30)16-5-3-11-29(14-16)21-9-10-26-22(28-21)15-4-2-6-18(25)12-15/h2,4,6-10,12-13,16H,3,5,11,14H2,1H3,(H,27,30)/t16-/m1/s1. The number of halogens is 2. The van der Waals surface area contributed by atoms with E-state index in [4.69, 9.17) is 16.3 Å². The molecule has 0 aliphatic carbocycles. The molecule has 1 aliphatic heterocycles. The van der Waals surface area contributed by atoms with Gasteiger partial charge in [0.05, 0.1) is 18.7 Å². The zero-order valence-corrected chi connectivity index (χ0v) is 17.8. The number of piperidine rings is 1. The maximum absolute atomic E-state index is 13.6. The van der Waals surface area contributed by atoms with Gasteiger partial charge < -0.3 is 15.0 Å². The third-order valence-electron chi connectivity index (χ3n) is 5.26. The smallest absolute Gasteiger partial charge is 0.229 e. The number of rotatable bonds is 5. The van der Waals surface area contributed by atoms with Crippen LogP contribution in [0, 0.1) is 11.7 Å². The second-order valence-electron chi connectivity index (χ2n) is 7.37. The lowest BCUT2D eigenvalue weighted by Gasteiger charge is -2.33. The SMILES string of the molecule is COc1ccc(Cl)cc1NC(=O)[C@@H]1CCCN(c2ccnc(-c3cccc(F)c3)n2)C1. The summed E-state index contributed by atoms with van der Waals surface area (Å²) in [6.45, 7) is 1.30. The number of benzene rings is 2. The van der Waals surface area contributed by atoms with Crippen molar-refractivity contribution in [2.24, 2.45) is 5.92 Å². The van der Waals surface area contributed by atoms with Crippen molar-refractivity contribution in [3.8, 4) is 17.1 Å². The summed E-state index contributed by atoms with van der Waals surface area (Å²) >= 11 is 6.07. The summed E-state index contributed by atoms with van der Waals surface area (Å²) in [5, 5.41) is 3.46. The zero-order valence-electron chi connectivity index (χ0n) is 17.0. The van der Waals surface area contributed by atoms with Gasteiger partial charge in [0.1, 0.15) is 17.4 Å². The molecular weight excluding hydrogens is 419 g/mol. The zero-order chi connectivity index (χ0) is 21.8. The molecule has 2 heterocycles. The Bertz CT molecular complexity index is 1090. The highest BCUT2D eigenvalue weighted by atomic mass is 35.5. The molecule has 1 N–H and O–H groups in total. The lowest BCUT2D eigenvalue weighted by molar-refractivity contribution is -0.120. The van der Waals surface area contributed by atoms with Crippen LogP contribution >= 0.6 is 11.6 Å². The molecule has 6 nitrogen and oxygen atoms in total. The van der Waals surface area contributed by atoms with Crippen LogP contribution in [0.1, 0.15) is 12.8 Å². The maximum Gasteiger partial charge on any atom is 0.229 e. The summed E-state index contributed by atoms with van der Waals surface area (Å²) in [7, 11) is 1.55. The molecule has 8 heteroatoms. The number of aromatic nitrogens is 2. The van der Waals surface area contributed by atoms with Crippen LogP contribution < -0.4 is 15.0 Å². The van der Waals surface area contributed by atoms with E-state index in [0.29, 0.717) is 40.2 Å². The van der Waals surface area contributed by atoms with Gasteiger partial charge in [0.25, 0.3) is 0 Å². The quantitative estimate of drug-likeness (QED) is 0.617. The summed E-state index contributed by atoms with van der Waals surface area (Å²) in [5.41, 5.74) is 1.16. The summed E-state index contributed by atoms with van der Waals surface area (Å²) < 4.78 is 18.9. The fourth-order valence-electron chi connectivity index (χ4n) is 3.70. The summed E-state index contributed by atoms with van der Waals surface area (Å²) in [6.07, 6.45) is 3.28. The lowest BCUT2D eigenvalue weighted by Crippen LogP contribution is -2.41. The van der Waals surface area contributed by atoms with Gasteiger partial charge in [-0.15, -0.1) is 0 Å². The van der Waals surface area contributed by atoms with Crippen LogP contribution in [0.4, 0.5) is 15.9 Å². The van der Waals surface area contributed by atoms with E-state index in [9.17, 15) is 9.18 Å². The molecule has 1 aromatic heterocycles. The van der Waals surface area contributed by atoms with E-state index < -0.39 is 0 Å².